The average Bonchev–Trinajstić information content (AvgIpc) is 3.69. The van der Waals surface area contributed by atoms with Crippen LogP contribution < -0.4 is 4.90 Å². The fourth-order valence-electron chi connectivity index (χ4n) is 8.71. The molecule has 7 aromatic carbocycles. The van der Waals surface area contributed by atoms with E-state index in [2.05, 4.69) is 226 Å². The van der Waals surface area contributed by atoms with Crippen molar-refractivity contribution in [1.82, 2.24) is 4.57 Å². The smallest absolute Gasteiger partial charge is 0.0566 e. The molecule has 0 saturated heterocycles. The summed E-state index contributed by atoms with van der Waals surface area (Å²) in [5.74, 6) is 0. The van der Waals surface area contributed by atoms with Gasteiger partial charge in [-0.05, 0) is 112 Å². The molecule has 8 aromatic rings. The number of rotatable bonds is 9. The van der Waals surface area contributed by atoms with E-state index in [1.165, 1.54) is 55.5 Å². The Bertz CT molecular complexity index is 2750. The van der Waals surface area contributed by atoms with Crippen molar-refractivity contribution in [3.8, 4) is 39.1 Å². The van der Waals surface area contributed by atoms with Gasteiger partial charge in [-0.3, -0.25) is 0 Å². The summed E-state index contributed by atoms with van der Waals surface area (Å²) in [4.78, 5) is 2.42. The molecule has 0 fully saturated rings. The third-order valence-corrected chi connectivity index (χ3v) is 11.6. The van der Waals surface area contributed by atoms with Crippen LogP contribution in [0.1, 0.15) is 56.5 Å². The van der Waals surface area contributed by atoms with Gasteiger partial charge in [0.05, 0.1) is 11.2 Å². The second kappa shape index (κ2) is 14.2. The quantitative estimate of drug-likeness (QED) is 0.144. The maximum Gasteiger partial charge on any atom is 0.0566 e. The maximum absolute atomic E-state index is 4.62. The molecule has 1 aromatic heterocycles. The van der Waals surface area contributed by atoms with Gasteiger partial charge in [0.2, 0.25) is 0 Å². The van der Waals surface area contributed by atoms with Gasteiger partial charge < -0.3 is 9.47 Å². The van der Waals surface area contributed by atoms with Crippen LogP contribution in [0.15, 0.2) is 183 Å². The van der Waals surface area contributed by atoms with Crippen LogP contribution in [0.5, 0.6) is 0 Å². The highest BCUT2D eigenvalue weighted by molar-refractivity contribution is 6.00. The van der Waals surface area contributed by atoms with E-state index in [0.29, 0.717) is 0 Å². The third-order valence-electron chi connectivity index (χ3n) is 11.6. The molecule has 0 N–H and O–H groups in total. The summed E-state index contributed by atoms with van der Waals surface area (Å²) in [7, 11) is 0. The molecule has 272 valence electrons. The second-order valence-corrected chi connectivity index (χ2v) is 15.3. The van der Waals surface area contributed by atoms with E-state index < -0.39 is 0 Å². The lowest BCUT2D eigenvalue weighted by molar-refractivity contribution is 0.660. The summed E-state index contributed by atoms with van der Waals surface area (Å²) in [5, 5.41) is 1.20. The molecule has 9 rings (SSSR count). The van der Waals surface area contributed by atoms with E-state index in [0.717, 1.165) is 46.0 Å². The number of allylic oxidation sites excluding steroid dienone is 2. The zero-order valence-electron chi connectivity index (χ0n) is 32.6. The van der Waals surface area contributed by atoms with Crippen LogP contribution in [-0.4, -0.2) is 4.57 Å². The lowest BCUT2D eigenvalue weighted by atomic mass is 9.82. The standard InChI is InChI=1S/C54H46N2/c1-6-16-49-48-34-32-45(36-52(48)56(53(49)37(3)7-2)43-29-25-41(26-30-43)39-19-12-9-13-20-39)55(42-27-23-40(24-28-42)38-17-10-8-11-18-38)44-31-33-47-46-21-14-15-22-50(46)54(4,5)51(47)35-44/h6,8-36H,3,7H2,1-2,4-5H3/b16-6-. The van der Waals surface area contributed by atoms with E-state index in [1.807, 2.05) is 0 Å². The van der Waals surface area contributed by atoms with Crippen molar-refractivity contribution < 1.29 is 0 Å². The van der Waals surface area contributed by atoms with Gasteiger partial charge in [0, 0.05) is 39.1 Å². The zero-order valence-corrected chi connectivity index (χ0v) is 32.6. The van der Waals surface area contributed by atoms with E-state index in [-0.39, 0.29) is 5.41 Å². The Morgan fingerprint density at radius 2 is 1.12 bits per heavy atom. The summed E-state index contributed by atoms with van der Waals surface area (Å²) in [6.07, 6.45) is 5.24. The molecule has 1 aliphatic carbocycles. The van der Waals surface area contributed by atoms with Crippen LogP contribution >= 0.6 is 0 Å². The van der Waals surface area contributed by atoms with Gasteiger partial charge in [-0.2, -0.15) is 0 Å². The summed E-state index contributed by atoms with van der Waals surface area (Å²) >= 11 is 0. The van der Waals surface area contributed by atoms with Crippen LogP contribution in [0.3, 0.4) is 0 Å². The predicted octanol–water partition coefficient (Wildman–Crippen LogP) is 15.2. The molecule has 0 saturated carbocycles. The minimum absolute atomic E-state index is 0.119. The number of benzene rings is 7. The maximum atomic E-state index is 4.62. The average molecular weight is 723 g/mol. The summed E-state index contributed by atoms with van der Waals surface area (Å²) < 4.78 is 2.42. The number of hydrogen-bond donors (Lipinski definition) is 0. The van der Waals surface area contributed by atoms with Crippen molar-refractivity contribution in [3.63, 3.8) is 0 Å². The van der Waals surface area contributed by atoms with Gasteiger partial charge in [-0.1, -0.05) is 161 Å². The van der Waals surface area contributed by atoms with Crippen molar-refractivity contribution in [3.05, 3.63) is 205 Å². The highest BCUT2D eigenvalue weighted by atomic mass is 15.1. The summed E-state index contributed by atoms with van der Waals surface area (Å²) in [6, 6.07) is 62.1. The van der Waals surface area contributed by atoms with Crippen molar-refractivity contribution >= 4 is 39.6 Å². The van der Waals surface area contributed by atoms with Crippen LogP contribution in [0, 0.1) is 0 Å². The molecule has 0 radical (unpaired) electrons. The van der Waals surface area contributed by atoms with Gasteiger partial charge in [0.25, 0.3) is 0 Å². The van der Waals surface area contributed by atoms with Crippen LogP contribution in [-0.2, 0) is 5.41 Å². The first kappa shape index (κ1) is 35.1. The molecule has 0 aliphatic heterocycles. The topological polar surface area (TPSA) is 8.17 Å². The van der Waals surface area contributed by atoms with Gasteiger partial charge >= 0.3 is 0 Å². The first-order valence-corrected chi connectivity index (χ1v) is 19.7. The minimum Gasteiger partial charge on any atom is -0.310 e. The molecule has 1 aliphatic rings. The molecule has 0 amide bonds. The van der Waals surface area contributed by atoms with Gasteiger partial charge in [0.15, 0.2) is 0 Å². The summed E-state index contributed by atoms with van der Waals surface area (Å²) in [5.41, 5.74) is 19.1. The van der Waals surface area contributed by atoms with Gasteiger partial charge in [-0.25, -0.2) is 0 Å². The monoisotopic (exact) mass is 722 g/mol. The fourth-order valence-corrected chi connectivity index (χ4v) is 8.71. The molecule has 0 atom stereocenters. The normalized spacial score (nSPS) is 12.9. The van der Waals surface area contributed by atoms with E-state index in [9.17, 15) is 0 Å². The molecule has 0 unspecified atom stereocenters. The van der Waals surface area contributed by atoms with E-state index >= 15 is 0 Å². The Morgan fingerprint density at radius 1 is 0.589 bits per heavy atom. The lowest BCUT2D eigenvalue weighted by Crippen LogP contribution is -2.16. The third kappa shape index (κ3) is 5.90. The Balaban J connectivity index is 1.25. The largest absolute Gasteiger partial charge is 0.310 e. The van der Waals surface area contributed by atoms with Crippen LogP contribution in [0.4, 0.5) is 17.1 Å². The first-order chi connectivity index (χ1) is 27.4. The van der Waals surface area contributed by atoms with Crippen LogP contribution in [0.25, 0.3) is 61.6 Å². The molecule has 0 bridgehead atoms. The minimum atomic E-state index is -0.119. The highest BCUT2D eigenvalue weighted by Gasteiger charge is 2.35. The molecule has 56 heavy (non-hydrogen) atoms. The summed E-state index contributed by atoms with van der Waals surface area (Å²) in [6.45, 7) is 13.6. The van der Waals surface area contributed by atoms with Crippen molar-refractivity contribution in [1.29, 1.82) is 0 Å². The van der Waals surface area contributed by atoms with Gasteiger partial charge in [-0.15, -0.1) is 0 Å². The Kier molecular flexibility index (Phi) is 8.90. The highest BCUT2D eigenvalue weighted by Crippen LogP contribution is 2.51. The molecular formula is C54H46N2. The number of aromatic nitrogens is 1. The number of nitrogens with zero attached hydrogens (tertiary/aromatic N) is 2. The fraction of sp³-hybridized carbons (Fsp3) is 0.111. The van der Waals surface area contributed by atoms with Crippen molar-refractivity contribution in [2.45, 2.75) is 39.5 Å². The zero-order chi connectivity index (χ0) is 38.4. The predicted molar refractivity (Wildman–Crippen MR) is 240 cm³/mol. The molecule has 2 nitrogen and oxygen atoms in total. The van der Waals surface area contributed by atoms with Crippen molar-refractivity contribution in [2.24, 2.45) is 0 Å². The molecular weight excluding hydrogens is 677 g/mol. The second-order valence-electron chi connectivity index (χ2n) is 15.3. The van der Waals surface area contributed by atoms with E-state index in [4.69, 9.17) is 0 Å². The number of anilines is 3. The molecule has 1 heterocycles. The SMILES string of the molecule is C=C(CC)c1c(/C=C\C)c2ccc(N(c3ccc(-c4ccccc4)cc3)c3ccc4c(c3)C(C)(C)c3ccccc3-4)cc2n1-c1ccc(-c2ccccc2)cc1. The van der Waals surface area contributed by atoms with Gasteiger partial charge in [0.1, 0.15) is 0 Å². The Hall–Kier alpha value is -6.64. The number of hydrogen-bond acceptors (Lipinski definition) is 1. The Morgan fingerprint density at radius 3 is 1.77 bits per heavy atom. The van der Waals surface area contributed by atoms with Crippen molar-refractivity contribution in [2.75, 3.05) is 4.90 Å². The van der Waals surface area contributed by atoms with Crippen LogP contribution in [0.2, 0.25) is 0 Å². The molecule has 2 heteroatoms. The lowest BCUT2D eigenvalue weighted by Gasteiger charge is -2.28. The Labute approximate surface area is 331 Å². The number of fused-ring (bicyclic) bond motifs is 4. The van der Waals surface area contributed by atoms with E-state index in [1.54, 1.807) is 0 Å². The first-order valence-electron chi connectivity index (χ1n) is 19.7. The molecule has 0 spiro atoms.